The van der Waals surface area contributed by atoms with Crippen molar-refractivity contribution in [3.05, 3.63) is 74.7 Å². The Morgan fingerprint density at radius 3 is 2.33 bits per heavy atom. The second kappa shape index (κ2) is 6.84. The van der Waals surface area contributed by atoms with Crippen LogP contribution in [0, 0.1) is 29.6 Å². The number of anilines is 1. The number of aromatic amines is 1. The van der Waals surface area contributed by atoms with Gasteiger partial charge in [0.05, 0.1) is 22.5 Å². The maximum Gasteiger partial charge on any atom is 0.305 e. The molecule has 2 amide bonds. The molecule has 8 heteroatoms. The highest BCUT2D eigenvalue weighted by atomic mass is 32.2. The maximum absolute atomic E-state index is 13.6. The van der Waals surface area contributed by atoms with Crippen LogP contribution >= 0.6 is 23.1 Å². The van der Waals surface area contributed by atoms with Crippen molar-refractivity contribution < 1.29 is 14.7 Å². The van der Waals surface area contributed by atoms with Gasteiger partial charge in [-0.1, -0.05) is 41.7 Å². The molecule has 0 spiro atoms. The van der Waals surface area contributed by atoms with Crippen LogP contribution in [0.25, 0.3) is 0 Å². The molecule has 0 radical (unpaired) electrons. The van der Waals surface area contributed by atoms with Gasteiger partial charge < -0.3 is 10.1 Å². The Kier molecular flexibility index (Phi) is 4.06. The minimum absolute atomic E-state index is 0.0274. The van der Waals surface area contributed by atoms with Gasteiger partial charge in [0.15, 0.2) is 0 Å². The van der Waals surface area contributed by atoms with E-state index in [-0.39, 0.29) is 63.2 Å². The average molecular weight is 477 g/mol. The molecule has 2 aliphatic heterocycles. The highest BCUT2D eigenvalue weighted by Crippen LogP contribution is 2.68. The number of thioether (sulfide) groups is 1. The molecule has 3 aromatic rings. The number of hydrogen-bond acceptors (Lipinski definition) is 6. The molecule has 2 bridgehead atoms. The van der Waals surface area contributed by atoms with E-state index in [2.05, 4.69) is 4.98 Å². The van der Waals surface area contributed by atoms with E-state index in [1.165, 1.54) is 16.2 Å². The summed E-state index contributed by atoms with van der Waals surface area (Å²) in [6, 6.07) is 16.4. The topological polar surface area (TPSA) is 90.5 Å². The Bertz CT molecular complexity index is 1350. The molecule has 3 fully saturated rings. The number of benzene rings is 2. The molecule has 33 heavy (non-hydrogen) atoms. The summed E-state index contributed by atoms with van der Waals surface area (Å²) >= 11 is 2.93. The Morgan fingerprint density at radius 2 is 1.61 bits per heavy atom. The molecule has 2 aromatic carbocycles. The summed E-state index contributed by atoms with van der Waals surface area (Å²) in [6.07, 6.45) is 0.867. The number of hydrogen-bond donors (Lipinski definition) is 2. The number of amides is 2. The largest absolute Gasteiger partial charge is 0.508 e. The van der Waals surface area contributed by atoms with Gasteiger partial charge in [-0.15, -0.1) is 11.8 Å². The zero-order valence-corrected chi connectivity index (χ0v) is 19.0. The standard InChI is InChI=1S/C25H20N2O4S2/c28-13-8-6-11(7-9-13)16-17-14-10-15(20(17)32-22-21(16)33-25(31)26-22)19-18(14)23(29)27(24(19)30)12-4-2-1-3-5-12/h1-9,14-20,28H,10H2,(H,26,31)/t14-,15-,16-,17+,18-,19+,20-/m1/s1. The molecular weight excluding hydrogens is 456 g/mol. The van der Waals surface area contributed by atoms with Gasteiger partial charge in [-0.25, -0.2) is 0 Å². The molecule has 2 saturated carbocycles. The van der Waals surface area contributed by atoms with Crippen LogP contribution in [0.5, 0.6) is 5.75 Å². The lowest BCUT2D eigenvalue weighted by molar-refractivity contribution is -0.123. The van der Waals surface area contributed by atoms with E-state index < -0.39 is 0 Å². The van der Waals surface area contributed by atoms with Crippen LogP contribution in [0.4, 0.5) is 5.69 Å². The van der Waals surface area contributed by atoms with E-state index in [1.807, 2.05) is 42.5 Å². The first-order valence-electron chi connectivity index (χ1n) is 11.1. The quantitative estimate of drug-likeness (QED) is 0.549. The number of nitrogens with one attached hydrogen (secondary N) is 1. The molecule has 7 atom stereocenters. The van der Waals surface area contributed by atoms with Crippen LogP contribution in [-0.2, 0) is 9.59 Å². The summed E-state index contributed by atoms with van der Waals surface area (Å²) in [7, 11) is 0. The average Bonchev–Trinajstić information content (AvgIpc) is 3.54. The molecule has 166 valence electrons. The van der Waals surface area contributed by atoms with Gasteiger partial charge in [0.1, 0.15) is 5.75 Å². The zero-order valence-electron chi connectivity index (χ0n) is 17.4. The molecule has 4 aliphatic rings. The van der Waals surface area contributed by atoms with Crippen LogP contribution in [0.2, 0.25) is 0 Å². The number of para-hydroxylation sites is 1. The lowest BCUT2D eigenvalue weighted by Crippen LogP contribution is -2.42. The predicted octanol–water partition coefficient (Wildman–Crippen LogP) is 3.82. The van der Waals surface area contributed by atoms with Crippen molar-refractivity contribution in [2.75, 3.05) is 4.90 Å². The van der Waals surface area contributed by atoms with Crippen molar-refractivity contribution in [2.45, 2.75) is 22.6 Å². The van der Waals surface area contributed by atoms with Crippen molar-refractivity contribution in [2.24, 2.45) is 29.6 Å². The summed E-state index contributed by atoms with van der Waals surface area (Å²) in [5.74, 6) is -0.213. The molecule has 6 nitrogen and oxygen atoms in total. The lowest BCUT2D eigenvalue weighted by Gasteiger charge is -2.43. The molecule has 3 heterocycles. The van der Waals surface area contributed by atoms with E-state index in [0.29, 0.717) is 5.69 Å². The number of phenols is 1. The first-order valence-corrected chi connectivity index (χ1v) is 12.8. The number of aromatic hydroxyl groups is 1. The van der Waals surface area contributed by atoms with Crippen LogP contribution in [-0.4, -0.2) is 27.2 Å². The van der Waals surface area contributed by atoms with E-state index in [9.17, 15) is 19.5 Å². The Balaban J connectivity index is 1.34. The van der Waals surface area contributed by atoms with Crippen molar-refractivity contribution in [3.63, 3.8) is 0 Å². The molecule has 2 aliphatic carbocycles. The first-order chi connectivity index (χ1) is 16.0. The van der Waals surface area contributed by atoms with Crippen LogP contribution < -0.4 is 9.77 Å². The van der Waals surface area contributed by atoms with E-state index in [1.54, 1.807) is 23.9 Å². The highest BCUT2D eigenvalue weighted by molar-refractivity contribution is 8.00. The van der Waals surface area contributed by atoms with Crippen LogP contribution in [0.15, 0.2) is 64.4 Å². The number of phenolic OH excluding ortho intramolecular Hbond substituents is 1. The third-order valence-corrected chi connectivity index (χ3v) is 10.6. The van der Waals surface area contributed by atoms with Gasteiger partial charge in [0.2, 0.25) is 11.8 Å². The van der Waals surface area contributed by atoms with Gasteiger partial charge in [0.25, 0.3) is 0 Å². The smallest absolute Gasteiger partial charge is 0.305 e. The second-order valence-corrected chi connectivity index (χ2v) is 11.6. The van der Waals surface area contributed by atoms with Gasteiger partial charge >= 0.3 is 4.87 Å². The van der Waals surface area contributed by atoms with E-state index in [0.717, 1.165) is 21.9 Å². The number of aromatic nitrogens is 1. The zero-order chi connectivity index (χ0) is 22.4. The Hall–Kier alpha value is -2.84. The number of nitrogens with zero attached hydrogens (tertiary/aromatic N) is 1. The predicted molar refractivity (Wildman–Crippen MR) is 126 cm³/mol. The fourth-order valence-electron chi connectivity index (χ4n) is 6.90. The summed E-state index contributed by atoms with van der Waals surface area (Å²) in [6.45, 7) is 0. The number of rotatable bonds is 2. The van der Waals surface area contributed by atoms with Crippen molar-refractivity contribution in [1.29, 1.82) is 0 Å². The Morgan fingerprint density at radius 1 is 0.909 bits per heavy atom. The van der Waals surface area contributed by atoms with Gasteiger partial charge in [0, 0.05) is 16.0 Å². The second-order valence-electron chi connectivity index (χ2n) is 9.40. The monoisotopic (exact) mass is 476 g/mol. The van der Waals surface area contributed by atoms with E-state index >= 15 is 0 Å². The number of fused-ring (bicyclic) bond motifs is 9. The van der Waals surface area contributed by atoms with Crippen molar-refractivity contribution >= 4 is 40.6 Å². The van der Waals surface area contributed by atoms with Crippen LogP contribution in [0.1, 0.15) is 22.8 Å². The molecule has 2 N–H and O–H groups in total. The normalized spacial score (nSPS) is 33.8. The SMILES string of the molecule is O=C1[C@@H]2[C@@H]3C[C@@H]([C@H]4Sc5[nH]c(=O)sc5[C@H](c5ccc(O)cc5)[C@H]34)[C@@H]2C(=O)N1c1ccccc1. The van der Waals surface area contributed by atoms with Gasteiger partial charge in [-0.2, -0.15) is 0 Å². The number of carbonyl (C=O) groups excluding carboxylic acids is 2. The number of carbonyl (C=O) groups is 2. The van der Waals surface area contributed by atoms with Crippen LogP contribution in [0.3, 0.4) is 0 Å². The number of thiazole rings is 1. The van der Waals surface area contributed by atoms with Gasteiger partial charge in [-0.05, 0) is 54.0 Å². The lowest BCUT2D eigenvalue weighted by atomic mass is 9.68. The number of H-pyrrole nitrogens is 1. The molecule has 7 rings (SSSR count). The van der Waals surface area contributed by atoms with Gasteiger partial charge in [-0.3, -0.25) is 19.3 Å². The summed E-state index contributed by atoms with van der Waals surface area (Å²) in [4.78, 5) is 44.8. The molecule has 1 aromatic heterocycles. The number of imide groups is 1. The maximum atomic E-state index is 13.6. The minimum Gasteiger partial charge on any atom is -0.508 e. The van der Waals surface area contributed by atoms with Crippen molar-refractivity contribution in [3.8, 4) is 5.75 Å². The fourth-order valence-corrected chi connectivity index (χ4v) is 9.79. The van der Waals surface area contributed by atoms with Crippen molar-refractivity contribution in [1.82, 2.24) is 4.98 Å². The highest BCUT2D eigenvalue weighted by Gasteiger charge is 2.69. The molecule has 1 saturated heterocycles. The summed E-state index contributed by atoms with van der Waals surface area (Å²) in [5.41, 5.74) is 1.69. The fraction of sp³-hybridized carbons (Fsp3) is 0.320. The third-order valence-electron chi connectivity index (χ3n) is 7.99. The minimum atomic E-state index is -0.304. The summed E-state index contributed by atoms with van der Waals surface area (Å²) < 4.78 is 0. The first kappa shape index (κ1) is 19.6. The third kappa shape index (κ3) is 2.59. The summed E-state index contributed by atoms with van der Waals surface area (Å²) in [5, 5.41) is 10.9. The molecule has 0 unspecified atom stereocenters. The van der Waals surface area contributed by atoms with E-state index in [4.69, 9.17) is 0 Å². The Labute approximate surface area is 197 Å². The molecular formula is C25H20N2O4S2.